The van der Waals surface area contributed by atoms with Gasteiger partial charge in [0, 0.05) is 16.6 Å². The predicted molar refractivity (Wildman–Crippen MR) is 137 cm³/mol. The second kappa shape index (κ2) is 9.90. The number of fused-ring (bicyclic) bond motifs is 1. The highest BCUT2D eigenvalue weighted by Gasteiger charge is 2.23. The number of carbonyl (C=O) groups excluding carboxylic acids is 2. The van der Waals surface area contributed by atoms with E-state index in [-0.39, 0.29) is 23.8 Å². The second-order valence-electron chi connectivity index (χ2n) is 7.92. The molecule has 1 atom stereocenters. The maximum absolute atomic E-state index is 13.5. The van der Waals surface area contributed by atoms with Crippen molar-refractivity contribution in [2.45, 2.75) is 44.6 Å². The number of pyridine rings is 1. The average molecular weight is 493 g/mol. The zero-order valence-electron chi connectivity index (χ0n) is 19.3. The highest BCUT2D eigenvalue weighted by Crippen LogP contribution is 2.30. The monoisotopic (exact) mass is 492 g/mol. The fourth-order valence-corrected chi connectivity index (χ4v) is 5.52. The van der Waals surface area contributed by atoms with Gasteiger partial charge in [-0.3, -0.25) is 23.9 Å². The number of nitrogens with zero attached hydrogens (tertiary/aromatic N) is 3. The molecule has 0 spiro atoms. The van der Waals surface area contributed by atoms with Gasteiger partial charge in [-0.2, -0.15) is 0 Å². The second-order valence-corrected chi connectivity index (χ2v) is 10.4. The van der Waals surface area contributed by atoms with Crippen molar-refractivity contribution in [3.63, 3.8) is 0 Å². The number of aromatic nitrogens is 3. The van der Waals surface area contributed by atoms with Crippen LogP contribution in [0.4, 0.5) is 5.69 Å². The largest absolute Gasteiger partial charge is 0.324 e. The van der Waals surface area contributed by atoms with Crippen LogP contribution in [0, 0.1) is 13.8 Å². The van der Waals surface area contributed by atoms with Crippen LogP contribution in [0.1, 0.15) is 40.3 Å². The minimum atomic E-state index is -0.568. The number of thioether (sulfide) groups is 1. The highest BCUT2D eigenvalue weighted by atomic mass is 32.2. The van der Waals surface area contributed by atoms with Gasteiger partial charge in [-0.1, -0.05) is 30.0 Å². The third-order valence-electron chi connectivity index (χ3n) is 5.52. The molecule has 4 aromatic rings. The first-order valence-electron chi connectivity index (χ1n) is 10.7. The van der Waals surface area contributed by atoms with Crippen LogP contribution in [0.25, 0.3) is 10.2 Å². The lowest BCUT2D eigenvalue weighted by Gasteiger charge is -2.16. The maximum atomic E-state index is 13.5. The van der Waals surface area contributed by atoms with Crippen LogP contribution in [0.3, 0.4) is 0 Å². The number of para-hydroxylation sites is 1. The highest BCUT2D eigenvalue weighted by molar-refractivity contribution is 8.00. The number of aryl methyl sites for hydroxylation is 2. The Hall–Kier alpha value is -3.30. The van der Waals surface area contributed by atoms with Crippen molar-refractivity contribution in [2.24, 2.45) is 0 Å². The molecule has 1 amide bonds. The molecule has 0 aliphatic rings. The molecule has 0 aliphatic heterocycles. The van der Waals surface area contributed by atoms with Gasteiger partial charge in [-0.15, -0.1) is 11.3 Å². The van der Waals surface area contributed by atoms with Crippen molar-refractivity contribution in [1.29, 1.82) is 0 Å². The first-order valence-corrected chi connectivity index (χ1v) is 12.4. The maximum Gasteiger partial charge on any atom is 0.263 e. The predicted octanol–water partition coefficient (Wildman–Crippen LogP) is 4.84. The third kappa shape index (κ3) is 4.80. The molecule has 1 aromatic carbocycles. The third-order valence-corrected chi connectivity index (χ3v) is 7.71. The van der Waals surface area contributed by atoms with Crippen LogP contribution in [0.15, 0.2) is 58.6 Å². The molecule has 34 heavy (non-hydrogen) atoms. The van der Waals surface area contributed by atoms with E-state index in [9.17, 15) is 14.4 Å². The average Bonchev–Trinajstić information content (AvgIpc) is 3.10. The molecule has 0 bridgehead atoms. The van der Waals surface area contributed by atoms with Gasteiger partial charge in [0.2, 0.25) is 5.91 Å². The summed E-state index contributed by atoms with van der Waals surface area (Å²) in [5.74, 6) is -0.410. The van der Waals surface area contributed by atoms with E-state index in [1.807, 2.05) is 32.0 Å². The topological polar surface area (TPSA) is 94.0 Å². The summed E-state index contributed by atoms with van der Waals surface area (Å²) in [6.07, 6.45) is 1.68. The number of nitrogens with one attached hydrogen (secondary N) is 1. The molecule has 1 N–H and O–H groups in total. The fourth-order valence-electron chi connectivity index (χ4n) is 3.54. The van der Waals surface area contributed by atoms with Gasteiger partial charge >= 0.3 is 0 Å². The van der Waals surface area contributed by atoms with Gasteiger partial charge < -0.3 is 5.32 Å². The van der Waals surface area contributed by atoms with E-state index in [1.165, 1.54) is 30.0 Å². The van der Waals surface area contributed by atoms with E-state index < -0.39 is 5.25 Å². The SMILES string of the molecule is CC(=O)c1ccccc1NC(=O)C(C)Sc1nc2sc(C)c(C)c2c(=O)n1Cc1ccccn1. The number of amides is 1. The molecule has 3 aromatic heterocycles. The summed E-state index contributed by atoms with van der Waals surface area (Å²) in [5, 5.41) is 3.33. The molecule has 0 saturated carbocycles. The summed E-state index contributed by atoms with van der Waals surface area (Å²) < 4.78 is 1.59. The fraction of sp³-hybridized carbons (Fsp3) is 0.240. The Kier molecular flexibility index (Phi) is 6.95. The van der Waals surface area contributed by atoms with Gasteiger partial charge in [-0.25, -0.2) is 4.98 Å². The van der Waals surface area contributed by atoms with Crippen molar-refractivity contribution < 1.29 is 9.59 Å². The van der Waals surface area contributed by atoms with Crippen molar-refractivity contribution in [1.82, 2.24) is 14.5 Å². The quantitative estimate of drug-likeness (QED) is 0.225. The van der Waals surface area contributed by atoms with Crippen LogP contribution in [-0.2, 0) is 11.3 Å². The summed E-state index contributed by atoms with van der Waals surface area (Å²) in [6, 6.07) is 12.4. The van der Waals surface area contributed by atoms with Crippen molar-refractivity contribution in [3.05, 3.63) is 80.7 Å². The van der Waals surface area contributed by atoms with Crippen molar-refractivity contribution in [3.8, 4) is 0 Å². The molecule has 0 fully saturated rings. The summed E-state index contributed by atoms with van der Waals surface area (Å²) >= 11 is 2.68. The van der Waals surface area contributed by atoms with E-state index in [0.717, 1.165) is 16.1 Å². The summed E-state index contributed by atoms with van der Waals surface area (Å²) in [4.78, 5) is 49.2. The Bertz CT molecular complexity index is 1440. The lowest BCUT2D eigenvalue weighted by atomic mass is 10.1. The Balaban J connectivity index is 1.69. The molecule has 174 valence electrons. The molecular weight excluding hydrogens is 468 g/mol. The van der Waals surface area contributed by atoms with Crippen molar-refractivity contribution >= 4 is 50.7 Å². The zero-order valence-corrected chi connectivity index (χ0v) is 20.9. The summed E-state index contributed by atoms with van der Waals surface area (Å²) in [7, 11) is 0. The lowest BCUT2D eigenvalue weighted by Crippen LogP contribution is -2.27. The number of rotatable bonds is 7. The normalized spacial score (nSPS) is 12.0. The Labute approximate surface area is 205 Å². The molecular formula is C25H24N4O3S2. The minimum Gasteiger partial charge on any atom is -0.324 e. The first-order chi connectivity index (χ1) is 16.3. The van der Waals surface area contributed by atoms with Gasteiger partial charge in [0.15, 0.2) is 10.9 Å². The minimum absolute atomic E-state index is 0.129. The number of thiophene rings is 1. The van der Waals surface area contributed by atoms with Gasteiger partial charge in [0.25, 0.3) is 5.56 Å². The van der Waals surface area contributed by atoms with Crippen LogP contribution in [0.2, 0.25) is 0 Å². The van der Waals surface area contributed by atoms with Crippen molar-refractivity contribution in [2.75, 3.05) is 5.32 Å². The van der Waals surface area contributed by atoms with E-state index in [2.05, 4.69) is 10.3 Å². The molecule has 0 radical (unpaired) electrons. The number of hydrogen-bond acceptors (Lipinski definition) is 7. The molecule has 3 heterocycles. The molecule has 0 aliphatic carbocycles. The van der Waals surface area contributed by atoms with Gasteiger partial charge in [-0.05, 0) is 57.5 Å². The number of carbonyl (C=O) groups is 2. The smallest absolute Gasteiger partial charge is 0.263 e. The van der Waals surface area contributed by atoms with Crippen LogP contribution in [0.5, 0.6) is 0 Å². The van der Waals surface area contributed by atoms with Crippen LogP contribution < -0.4 is 10.9 Å². The standard InChI is InChI=1S/C25H24N4O3S2/c1-14-16(3)33-23-21(14)24(32)29(13-18-9-7-8-12-26-18)25(28-23)34-17(4)22(31)27-20-11-6-5-10-19(20)15(2)30/h5-12,17H,13H2,1-4H3,(H,27,31). The van der Waals surface area contributed by atoms with Gasteiger partial charge in [0.05, 0.1) is 28.6 Å². The molecule has 4 rings (SSSR count). The zero-order chi connectivity index (χ0) is 24.4. The Morgan fingerprint density at radius 2 is 1.88 bits per heavy atom. The lowest BCUT2D eigenvalue weighted by molar-refractivity contribution is -0.115. The number of Topliss-reactive ketones (excluding diaryl/α,β-unsaturated/α-hetero) is 1. The number of ketones is 1. The molecule has 7 nitrogen and oxygen atoms in total. The summed E-state index contributed by atoms with van der Waals surface area (Å²) in [5.41, 5.74) is 2.42. The van der Waals surface area contributed by atoms with Crippen LogP contribution >= 0.6 is 23.1 Å². The van der Waals surface area contributed by atoms with Gasteiger partial charge in [0.1, 0.15) is 4.83 Å². The van der Waals surface area contributed by atoms with E-state index in [1.54, 1.807) is 42.0 Å². The number of benzene rings is 1. The first kappa shape index (κ1) is 23.8. The van der Waals surface area contributed by atoms with E-state index >= 15 is 0 Å². The summed E-state index contributed by atoms with van der Waals surface area (Å²) in [6.45, 7) is 7.37. The number of anilines is 1. The Morgan fingerprint density at radius 3 is 2.59 bits per heavy atom. The van der Waals surface area contributed by atoms with Crippen LogP contribution in [-0.4, -0.2) is 31.5 Å². The molecule has 9 heteroatoms. The molecule has 0 saturated heterocycles. The van der Waals surface area contributed by atoms with E-state index in [0.29, 0.717) is 26.6 Å². The Morgan fingerprint density at radius 1 is 1.15 bits per heavy atom. The molecule has 1 unspecified atom stereocenters. The van der Waals surface area contributed by atoms with E-state index in [4.69, 9.17) is 4.98 Å². The number of hydrogen-bond donors (Lipinski definition) is 1.